The molecule has 0 radical (unpaired) electrons. The topological polar surface area (TPSA) is 89.9 Å². The molecule has 4 unspecified atom stereocenters. The Hall–Kier alpha value is -1.69. The molecule has 6 heteroatoms. The summed E-state index contributed by atoms with van der Waals surface area (Å²) in [5.41, 5.74) is -1.16. The van der Waals surface area contributed by atoms with E-state index in [0.29, 0.717) is 45.1 Å². The van der Waals surface area contributed by atoms with E-state index in [9.17, 15) is 19.5 Å². The predicted molar refractivity (Wildman–Crippen MR) is 125 cm³/mol. The molecule has 0 saturated heterocycles. The molecule has 0 aromatic rings. The summed E-state index contributed by atoms with van der Waals surface area (Å²) in [4.78, 5) is 37.6. The molecule has 32 heavy (non-hydrogen) atoms. The van der Waals surface area contributed by atoms with Crippen LogP contribution in [0.5, 0.6) is 0 Å². The molecule has 1 fully saturated rings. The number of esters is 2. The number of hydrogen-bond acceptors (Lipinski definition) is 6. The molecule has 1 rings (SSSR count). The summed E-state index contributed by atoms with van der Waals surface area (Å²) in [5.74, 6) is -0.646. The van der Waals surface area contributed by atoms with Crippen LogP contribution in [0, 0.1) is 17.3 Å². The van der Waals surface area contributed by atoms with Crippen molar-refractivity contribution in [3.8, 4) is 0 Å². The van der Waals surface area contributed by atoms with Gasteiger partial charge in [-0.05, 0) is 51.9 Å². The van der Waals surface area contributed by atoms with Crippen molar-refractivity contribution < 1.29 is 29.0 Å². The standard InChI is InChI=1S/C26H44O6/c1-5-8-9-12-22(27)16-14-21-15-17-23(28)26(21,25(30)32-7-3)19-18-20(4)11-10-13-24(29)31-6-2/h14,16,20-22,27H,5-13,15,17-19H2,1-4H3. The van der Waals surface area contributed by atoms with Gasteiger partial charge in [0.2, 0.25) is 0 Å². The van der Waals surface area contributed by atoms with Crippen LogP contribution in [0.3, 0.4) is 0 Å². The second kappa shape index (κ2) is 15.2. The van der Waals surface area contributed by atoms with E-state index in [1.165, 1.54) is 0 Å². The first-order chi connectivity index (χ1) is 15.3. The van der Waals surface area contributed by atoms with E-state index in [4.69, 9.17) is 9.47 Å². The Labute approximate surface area is 194 Å². The first-order valence-electron chi connectivity index (χ1n) is 12.5. The van der Waals surface area contributed by atoms with Crippen molar-refractivity contribution in [3.63, 3.8) is 0 Å². The molecule has 6 nitrogen and oxygen atoms in total. The van der Waals surface area contributed by atoms with Crippen molar-refractivity contribution >= 4 is 17.7 Å². The second-order valence-corrected chi connectivity index (χ2v) is 9.05. The highest BCUT2D eigenvalue weighted by Gasteiger charge is 2.55. The first kappa shape index (κ1) is 28.3. The Kier molecular flexibility index (Phi) is 13.5. The molecule has 0 aromatic carbocycles. The lowest BCUT2D eigenvalue weighted by Gasteiger charge is -2.31. The number of unbranched alkanes of at least 4 members (excludes halogenated alkanes) is 2. The van der Waals surface area contributed by atoms with Gasteiger partial charge in [0, 0.05) is 18.8 Å². The highest BCUT2D eigenvalue weighted by molar-refractivity contribution is 6.06. The van der Waals surface area contributed by atoms with Gasteiger partial charge in [-0.25, -0.2) is 0 Å². The quantitative estimate of drug-likeness (QED) is 0.150. The van der Waals surface area contributed by atoms with Gasteiger partial charge < -0.3 is 14.6 Å². The average molecular weight is 453 g/mol. The number of carbonyl (C=O) groups is 3. The van der Waals surface area contributed by atoms with E-state index < -0.39 is 17.5 Å². The van der Waals surface area contributed by atoms with Crippen LogP contribution in [0.25, 0.3) is 0 Å². The van der Waals surface area contributed by atoms with Gasteiger partial charge in [0.25, 0.3) is 0 Å². The highest BCUT2D eigenvalue weighted by atomic mass is 16.5. The fraction of sp³-hybridized carbons (Fsp3) is 0.808. The van der Waals surface area contributed by atoms with Crippen LogP contribution in [0.2, 0.25) is 0 Å². The van der Waals surface area contributed by atoms with Gasteiger partial charge in [-0.3, -0.25) is 14.4 Å². The number of ketones is 1. The first-order valence-corrected chi connectivity index (χ1v) is 12.5. The van der Waals surface area contributed by atoms with Crippen molar-refractivity contribution in [2.45, 2.75) is 104 Å². The van der Waals surface area contributed by atoms with Crippen LogP contribution >= 0.6 is 0 Å². The van der Waals surface area contributed by atoms with Crippen LogP contribution in [0.15, 0.2) is 12.2 Å². The lowest BCUT2D eigenvalue weighted by Crippen LogP contribution is -2.42. The van der Waals surface area contributed by atoms with Crippen LogP contribution in [0.1, 0.15) is 98.3 Å². The number of hydrogen-bond donors (Lipinski definition) is 1. The fourth-order valence-corrected chi connectivity index (χ4v) is 4.58. The number of rotatable bonds is 16. The van der Waals surface area contributed by atoms with Gasteiger partial charge >= 0.3 is 11.9 Å². The van der Waals surface area contributed by atoms with E-state index in [1.54, 1.807) is 19.9 Å². The van der Waals surface area contributed by atoms with E-state index in [1.807, 2.05) is 6.08 Å². The maximum Gasteiger partial charge on any atom is 0.320 e. The molecule has 1 N–H and O–H groups in total. The Morgan fingerprint density at radius 1 is 1.09 bits per heavy atom. The van der Waals surface area contributed by atoms with Gasteiger partial charge in [-0.2, -0.15) is 0 Å². The number of Topliss-reactive ketones (excluding diaryl/α,β-unsaturated/α-hetero) is 1. The summed E-state index contributed by atoms with van der Waals surface area (Å²) < 4.78 is 10.3. The zero-order chi connectivity index (χ0) is 24.0. The summed E-state index contributed by atoms with van der Waals surface area (Å²) >= 11 is 0. The average Bonchev–Trinajstić information content (AvgIpc) is 3.07. The monoisotopic (exact) mass is 452 g/mol. The predicted octanol–water partition coefficient (Wildman–Crippen LogP) is 5.16. The SMILES string of the molecule is CCCCCC(O)C=CC1CCC(=O)C1(CCC(C)CCCC(=O)OCC)C(=O)OCC. The molecule has 0 bridgehead atoms. The Morgan fingerprint density at radius 2 is 1.81 bits per heavy atom. The normalized spacial score (nSPS) is 22.8. The summed E-state index contributed by atoms with van der Waals surface area (Å²) in [6, 6.07) is 0. The third kappa shape index (κ3) is 8.68. The maximum atomic E-state index is 13.0. The lowest BCUT2D eigenvalue weighted by molar-refractivity contribution is -0.161. The van der Waals surface area contributed by atoms with Crippen LogP contribution in [0.4, 0.5) is 0 Å². The van der Waals surface area contributed by atoms with E-state index in [-0.39, 0.29) is 30.2 Å². The van der Waals surface area contributed by atoms with Crippen LogP contribution in [-0.4, -0.2) is 42.1 Å². The number of carbonyl (C=O) groups excluding carboxylic acids is 3. The Balaban J connectivity index is 2.82. The molecule has 1 aliphatic rings. The molecule has 4 atom stereocenters. The Morgan fingerprint density at radius 3 is 2.47 bits per heavy atom. The molecule has 1 aliphatic carbocycles. The molecule has 184 valence electrons. The second-order valence-electron chi connectivity index (χ2n) is 9.05. The van der Waals surface area contributed by atoms with Gasteiger partial charge in [-0.15, -0.1) is 0 Å². The van der Waals surface area contributed by atoms with E-state index in [0.717, 1.165) is 32.1 Å². The summed E-state index contributed by atoms with van der Waals surface area (Å²) in [6.07, 6.45) is 11.0. The molecule has 0 spiro atoms. The zero-order valence-electron chi connectivity index (χ0n) is 20.6. The van der Waals surface area contributed by atoms with Crippen LogP contribution in [-0.2, 0) is 23.9 Å². The minimum atomic E-state index is -1.16. The largest absolute Gasteiger partial charge is 0.466 e. The minimum Gasteiger partial charge on any atom is -0.466 e. The van der Waals surface area contributed by atoms with Gasteiger partial charge in [0.05, 0.1) is 19.3 Å². The van der Waals surface area contributed by atoms with Crippen LogP contribution < -0.4 is 0 Å². The van der Waals surface area contributed by atoms with Gasteiger partial charge in [-0.1, -0.05) is 51.7 Å². The van der Waals surface area contributed by atoms with Crippen molar-refractivity contribution in [2.75, 3.05) is 13.2 Å². The van der Waals surface area contributed by atoms with Gasteiger partial charge in [0.15, 0.2) is 5.78 Å². The third-order valence-electron chi connectivity index (χ3n) is 6.54. The van der Waals surface area contributed by atoms with Crippen molar-refractivity contribution in [2.24, 2.45) is 17.3 Å². The van der Waals surface area contributed by atoms with E-state index >= 15 is 0 Å². The molecule has 0 aromatic heterocycles. The molecule has 0 heterocycles. The van der Waals surface area contributed by atoms with Crippen molar-refractivity contribution in [3.05, 3.63) is 12.2 Å². The number of allylic oxidation sites excluding steroid dienone is 1. The summed E-state index contributed by atoms with van der Waals surface area (Å²) in [7, 11) is 0. The molecule has 0 aliphatic heterocycles. The number of ether oxygens (including phenoxy) is 2. The minimum absolute atomic E-state index is 0.0511. The van der Waals surface area contributed by atoms with Crippen molar-refractivity contribution in [1.82, 2.24) is 0 Å². The summed E-state index contributed by atoms with van der Waals surface area (Å²) in [5, 5.41) is 10.3. The molecular weight excluding hydrogens is 408 g/mol. The fourth-order valence-electron chi connectivity index (χ4n) is 4.58. The summed E-state index contributed by atoms with van der Waals surface area (Å²) in [6.45, 7) is 8.39. The maximum absolute atomic E-state index is 13.0. The van der Waals surface area contributed by atoms with Crippen molar-refractivity contribution in [1.29, 1.82) is 0 Å². The third-order valence-corrected chi connectivity index (χ3v) is 6.54. The van der Waals surface area contributed by atoms with Gasteiger partial charge in [0.1, 0.15) is 5.41 Å². The zero-order valence-corrected chi connectivity index (χ0v) is 20.6. The molecule has 1 saturated carbocycles. The smallest absolute Gasteiger partial charge is 0.320 e. The molecule has 0 amide bonds. The lowest BCUT2D eigenvalue weighted by atomic mass is 9.71. The number of aliphatic hydroxyl groups is 1. The molecular formula is C26H44O6. The van der Waals surface area contributed by atoms with E-state index in [2.05, 4.69) is 13.8 Å². The Bertz CT molecular complexity index is 613. The highest BCUT2D eigenvalue weighted by Crippen LogP contribution is 2.47. The number of aliphatic hydroxyl groups excluding tert-OH is 1.